The molecule has 1 fully saturated rings. The molecule has 3 N–H and O–H groups in total. The van der Waals surface area contributed by atoms with Crippen molar-refractivity contribution in [3.05, 3.63) is 0 Å². The molecule has 0 bridgehead atoms. The number of ether oxygens (including phenoxy) is 1. The predicted molar refractivity (Wildman–Crippen MR) is 61.5 cm³/mol. The van der Waals surface area contributed by atoms with Crippen LogP contribution >= 0.6 is 0 Å². The van der Waals surface area contributed by atoms with Crippen molar-refractivity contribution in [2.75, 3.05) is 46.9 Å². The Morgan fingerprint density at radius 3 is 2.80 bits per heavy atom. The third kappa shape index (κ3) is 3.70. The van der Waals surface area contributed by atoms with Crippen LogP contribution in [0.1, 0.15) is 6.92 Å². The molecule has 0 aromatic carbocycles. The van der Waals surface area contributed by atoms with E-state index in [9.17, 15) is 0 Å². The van der Waals surface area contributed by atoms with Gasteiger partial charge in [-0.3, -0.25) is 16.2 Å². The monoisotopic (exact) mass is 216 g/mol. The molecule has 0 aromatic heterocycles. The Kier molecular flexibility index (Phi) is 5.49. The molecule has 0 radical (unpaired) electrons. The van der Waals surface area contributed by atoms with Crippen molar-refractivity contribution < 1.29 is 4.74 Å². The zero-order chi connectivity index (χ0) is 11.3. The van der Waals surface area contributed by atoms with Crippen molar-refractivity contribution in [1.29, 1.82) is 0 Å². The summed E-state index contributed by atoms with van der Waals surface area (Å²) >= 11 is 0. The van der Waals surface area contributed by atoms with Crippen LogP contribution in [0.5, 0.6) is 0 Å². The Hall–Kier alpha value is -0.200. The van der Waals surface area contributed by atoms with Crippen LogP contribution in [0.4, 0.5) is 0 Å². The SMILES string of the molecule is CCOCC(NN)C1CN(C)CCN1C. The van der Waals surface area contributed by atoms with Gasteiger partial charge in [0.2, 0.25) is 0 Å². The summed E-state index contributed by atoms with van der Waals surface area (Å²) in [6, 6.07) is 0.637. The molecule has 1 aliphatic rings. The van der Waals surface area contributed by atoms with Crippen LogP contribution in [-0.2, 0) is 4.74 Å². The fourth-order valence-corrected chi connectivity index (χ4v) is 1.99. The van der Waals surface area contributed by atoms with E-state index in [1.165, 1.54) is 0 Å². The van der Waals surface area contributed by atoms with Crippen LogP contribution in [0, 0.1) is 0 Å². The number of likely N-dealkylation sites (N-methyl/N-ethyl adjacent to an activating group) is 2. The molecule has 15 heavy (non-hydrogen) atoms. The van der Waals surface area contributed by atoms with Crippen molar-refractivity contribution >= 4 is 0 Å². The molecule has 0 spiro atoms. The number of hydrogen-bond donors (Lipinski definition) is 2. The third-order valence-corrected chi connectivity index (χ3v) is 3.08. The molecular formula is C10H24N4O. The summed E-state index contributed by atoms with van der Waals surface area (Å²) in [6.45, 7) is 6.67. The van der Waals surface area contributed by atoms with E-state index in [0.29, 0.717) is 12.6 Å². The Balaban J connectivity index is 2.48. The largest absolute Gasteiger partial charge is 0.380 e. The molecule has 1 saturated heterocycles. The smallest absolute Gasteiger partial charge is 0.0648 e. The molecule has 0 saturated carbocycles. The molecule has 0 aromatic rings. The Labute approximate surface area is 92.5 Å². The maximum atomic E-state index is 5.58. The minimum atomic E-state index is 0.206. The highest BCUT2D eigenvalue weighted by molar-refractivity contribution is 4.87. The van der Waals surface area contributed by atoms with Gasteiger partial charge in [0.1, 0.15) is 0 Å². The minimum absolute atomic E-state index is 0.206. The van der Waals surface area contributed by atoms with Gasteiger partial charge in [0, 0.05) is 32.3 Å². The van der Waals surface area contributed by atoms with Crippen molar-refractivity contribution in [3.8, 4) is 0 Å². The van der Waals surface area contributed by atoms with E-state index < -0.39 is 0 Å². The van der Waals surface area contributed by atoms with Gasteiger partial charge in [-0.2, -0.15) is 0 Å². The van der Waals surface area contributed by atoms with Crippen LogP contribution in [-0.4, -0.2) is 68.8 Å². The molecule has 0 amide bonds. The molecule has 1 heterocycles. The van der Waals surface area contributed by atoms with Crippen molar-refractivity contribution in [3.63, 3.8) is 0 Å². The number of hydrazine groups is 1. The number of nitrogens with zero attached hydrogens (tertiary/aromatic N) is 2. The molecule has 90 valence electrons. The first-order valence-electron chi connectivity index (χ1n) is 5.61. The first-order valence-corrected chi connectivity index (χ1v) is 5.61. The fraction of sp³-hybridized carbons (Fsp3) is 1.00. The van der Waals surface area contributed by atoms with Gasteiger partial charge in [0.15, 0.2) is 0 Å². The zero-order valence-electron chi connectivity index (χ0n) is 10.1. The van der Waals surface area contributed by atoms with E-state index in [-0.39, 0.29) is 6.04 Å². The highest BCUT2D eigenvalue weighted by Crippen LogP contribution is 2.10. The first-order chi connectivity index (χ1) is 7.19. The number of piperazine rings is 1. The maximum absolute atomic E-state index is 5.58. The quantitative estimate of drug-likeness (QED) is 0.461. The van der Waals surface area contributed by atoms with Gasteiger partial charge in [-0.05, 0) is 21.0 Å². The lowest BCUT2D eigenvalue weighted by molar-refractivity contribution is 0.0434. The molecule has 2 atom stereocenters. The molecule has 0 aliphatic carbocycles. The van der Waals surface area contributed by atoms with E-state index >= 15 is 0 Å². The summed E-state index contributed by atoms with van der Waals surface area (Å²) < 4.78 is 5.44. The highest BCUT2D eigenvalue weighted by Gasteiger charge is 2.29. The molecule has 2 unspecified atom stereocenters. The van der Waals surface area contributed by atoms with Crippen LogP contribution in [0.25, 0.3) is 0 Å². The minimum Gasteiger partial charge on any atom is -0.380 e. The number of rotatable bonds is 5. The summed E-state index contributed by atoms with van der Waals surface area (Å²) in [4.78, 5) is 4.69. The molecule has 1 aliphatic heterocycles. The second-order valence-corrected chi connectivity index (χ2v) is 4.24. The molecule has 5 heteroatoms. The normalized spacial score (nSPS) is 26.8. The van der Waals surface area contributed by atoms with Crippen molar-refractivity contribution in [2.24, 2.45) is 5.84 Å². The van der Waals surface area contributed by atoms with Crippen LogP contribution < -0.4 is 11.3 Å². The van der Waals surface area contributed by atoms with Gasteiger partial charge in [-0.25, -0.2) is 0 Å². The van der Waals surface area contributed by atoms with Crippen molar-refractivity contribution in [2.45, 2.75) is 19.0 Å². The van der Waals surface area contributed by atoms with Gasteiger partial charge in [0.05, 0.1) is 12.6 Å². The average molecular weight is 216 g/mol. The lowest BCUT2D eigenvalue weighted by Crippen LogP contribution is -2.61. The summed E-state index contributed by atoms with van der Waals surface area (Å²) in [7, 11) is 4.29. The molecular weight excluding hydrogens is 192 g/mol. The second-order valence-electron chi connectivity index (χ2n) is 4.24. The first kappa shape index (κ1) is 12.9. The summed E-state index contributed by atoms with van der Waals surface area (Å²) in [5.41, 5.74) is 2.86. The van der Waals surface area contributed by atoms with Gasteiger partial charge in [-0.15, -0.1) is 0 Å². The van der Waals surface area contributed by atoms with E-state index in [1.807, 2.05) is 6.92 Å². The predicted octanol–water partition coefficient (Wildman–Crippen LogP) is -0.899. The summed E-state index contributed by atoms with van der Waals surface area (Å²) in [5.74, 6) is 5.58. The fourth-order valence-electron chi connectivity index (χ4n) is 1.99. The lowest BCUT2D eigenvalue weighted by atomic mass is 10.1. The van der Waals surface area contributed by atoms with E-state index in [1.54, 1.807) is 0 Å². The number of nitrogens with two attached hydrogens (primary N) is 1. The summed E-state index contributed by atoms with van der Waals surface area (Å²) in [6.07, 6.45) is 0. The topological polar surface area (TPSA) is 53.8 Å². The Morgan fingerprint density at radius 1 is 1.47 bits per heavy atom. The number of hydrogen-bond acceptors (Lipinski definition) is 5. The van der Waals surface area contributed by atoms with Gasteiger partial charge in [0.25, 0.3) is 0 Å². The second kappa shape index (κ2) is 6.40. The van der Waals surface area contributed by atoms with Gasteiger partial charge >= 0.3 is 0 Å². The standard InChI is InChI=1S/C10H24N4O/c1-4-15-8-9(12-11)10-7-13(2)5-6-14(10)3/h9-10,12H,4-8,11H2,1-3H3. The Morgan fingerprint density at radius 2 is 2.20 bits per heavy atom. The van der Waals surface area contributed by atoms with Crippen LogP contribution in [0.2, 0.25) is 0 Å². The average Bonchev–Trinajstić information content (AvgIpc) is 2.24. The van der Waals surface area contributed by atoms with Gasteiger partial charge in [-0.1, -0.05) is 0 Å². The van der Waals surface area contributed by atoms with Crippen LogP contribution in [0.15, 0.2) is 0 Å². The van der Waals surface area contributed by atoms with E-state index in [0.717, 1.165) is 26.2 Å². The van der Waals surface area contributed by atoms with E-state index in [4.69, 9.17) is 10.6 Å². The third-order valence-electron chi connectivity index (χ3n) is 3.08. The number of nitrogens with one attached hydrogen (secondary N) is 1. The highest BCUT2D eigenvalue weighted by atomic mass is 16.5. The molecule has 1 rings (SSSR count). The summed E-state index contributed by atoms with van der Waals surface area (Å²) in [5, 5.41) is 0. The maximum Gasteiger partial charge on any atom is 0.0648 e. The Bertz CT molecular complexity index is 179. The van der Waals surface area contributed by atoms with Crippen LogP contribution in [0.3, 0.4) is 0 Å². The molecule has 5 nitrogen and oxygen atoms in total. The lowest BCUT2D eigenvalue weighted by Gasteiger charge is -2.41. The van der Waals surface area contributed by atoms with E-state index in [2.05, 4.69) is 29.3 Å². The zero-order valence-corrected chi connectivity index (χ0v) is 10.1. The van der Waals surface area contributed by atoms with Crippen molar-refractivity contribution in [1.82, 2.24) is 15.2 Å². The van der Waals surface area contributed by atoms with Gasteiger partial charge < -0.3 is 9.64 Å².